The highest BCUT2D eigenvalue weighted by molar-refractivity contribution is 5.40. The summed E-state index contributed by atoms with van der Waals surface area (Å²) in [6, 6.07) is 3.90. The van der Waals surface area contributed by atoms with Crippen molar-refractivity contribution in [3.8, 4) is 0 Å². The van der Waals surface area contributed by atoms with Gasteiger partial charge in [-0.15, -0.1) is 5.10 Å². The highest BCUT2D eigenvalue weighted by atomic mass is 16.5. The van der Waals surface area contributed by atoms with Crippen LogP contribution in [0.1, 0.15) is 5.56 Å². The van der Waals surface area contributed by atoms with Gasteiger partial charge in [-0.25, -0.2) is 0 Å². The Labute approximate surface area is 117 Å². The molecule has 0 atom stereocenters. The minimum Gasteiger partial charge on any atom is -0.378 e. The summed E-state index contributed by atoms with van der Waals surface area (Å²) in [7, 11) is 0. The van der Waals surface area contributed by atoms with Crippen LogP contribution in [0.5, 0.6) is 0 Å². The Hall–Kier alpha value is -2.28. The van der Waals surface area contributed by atoms with Crippen molar-refractivity contribution in [1.29, 1.82) is 0 Å². The van der Waals surface area contributed by atoms with Gasteiger partial charge >= 0.3 is 0 Å². The fourth-order valence-corrected chi connectivity index (χ4v) is 2.00. The number of hydrogen-bond acceptors (Lipinski definition) is 7. The molecule has 0 saturated carbocycles. The molecular formula is C13H16N6O. The molecule has 0 radical (unpaired) electrons. The first kappa shape index (κ1) is 12.7. The summed E-state index contributed by atoms with van der Waals surface area (Å²) in [5, 5.41) is 11.2. The predicted octanol–water partition coefficient (Wildman–Crippen LogP) is 0.715. The van der Waals surface area contributed by atoms with E-state index in [-0.39, 0.29) is 0 Å². The van der Waals surface area contributed by atoms with Crippen LogP contribution in [0.3, 0.4) is 0 Å². The van der Waals surface area contributed by atoms with Crippen LogP contribution in [0.15, 0.2) is 30.7 Å². The lowest BCUT2D eigenvalue weighted by Crippen LogP contribution is -2.37. The molecule has 20 heavy (non-hydrogen) atoms. The second kappa shape index (κ2) is 6.25. The van der Waals surface area contributed by atoms with Crippen molar-refractivity contribution in [2.75, 3.05) is 36.5 Å². The zero-order chi connectivity index (χ0) is 13.6. The zero-order valence-corrected chi connectivity index (χ0v) is 11.1. The molecule has 1 saturated heterocycles. The minimum atomic E-state index is 0.526. The molecule has 7 nitrogen and oxygen atoms in total. The van der Waals surface area contributed by atoms with E-state index in [4.69, 9.17) is 4.74 Å². The molecule has 0 bridgehead atoms. The van der Waals surface area contributed by atoms with Crippen molar-refractivity contribution in [2.24, 2.45) is 0 Å². The molecule has 0 aliphatic carbocycles. The lowest BCUT2D eigenvalue weighted by molar-refractivity contribution is 0.122. The number of ether oxygens (including phenoxy) is 1. The normalized spacial score (nSPS) is 15.1. The SMILES string of the molecule is c1cncc(CNc2nncc(N3CCOCC3)n2)c1. The lowest BCUT2D eigenvalue weighted by Gasteiger charge is -2.27. The van der Waals surface area contributed by atoms with Crippen molar-refractivity contribution in [3.63, 3.8) is 0 Å². The van der Waals surface area contributed by atoms with Crippen LogP contribution in [-0.2, 0) is 11.3 Å². The third kappa shape index (κ3) is 3.18. The second-order valence-corrected chi connectivity index (χ2v) is 4.45. The summed E-state index contributed by atoms with van der Waals surface area (Å²) in [6.45, 7) is 3.74. The minimum absolute atomic E-state index is 0.526. The van der Waals surface area contributed by atoms with Gasteiger partial charge in [0.25, 0.3) is 0 Å². The summed E-state index contributed by atoms with van der Waals surface area (Å²) in [4.78, 5) is 10.7. The number of nitrogens with zero attached hydrogens (tertiary/aromatic N) is 5. The molecule has 1 fully saturated rings. The van der Waals surface area contributed by atoms with Crippen LogP contribution in [0, 0.1) is 0 Å². The number of anilines is 2. The van der Waals surface area contributed by atoms with Crippen LogP contribution < -0.4 is 10.2 Å². The lowest BCUT2D eigenvalue weighted by atomic mass is 10.3. The number of hydrogen-bond donors (Lipinski definition) is 1. The van der Waals surface area contributed by atoms with Gasteiger partial charge in [-0.3, -0.25) is 4.98 Å². The number of aromatic nitrogens is 4. The number of nitrogens with one attached hydrogen (secondary N) is 1. The van der Waals surface area contributed by atoms with E-state index in [0.717, 1.165) is 37.7 Å². The van der Waals surface area contributed by atoms with Crippen LogP contribution in [0.2, 0.25) is 0 Å². The fourth-order valence-electron chi connectivity index (χ4n) is 2.00. The first-order valence-electron chi connectivity index (χ1n) is 6.57. The van der Waals surface area contributed by atoms with Crippen LogP contribution in [0.4, 0.5) is 11.8 Å². The van der Waals surface area contributed by atoms with Gasteiger partial charge in [-0.05, 0) is 11.6 Å². The first-order chi connectivity index (χ1) is 9.92. The van der Waals surface area contributed by atoms with Crippen molar-refractivity contribution in [1.82, 2.24) is 20.2 Å². The van der Waals surface area contributed by atoms with E-state index in [2.05, 4.69) is 30.4 Å². The van der Waals surface area contributed by atoms with E-state index in [1.807, 2.05) is 18.3 Å². The standard InChI is InChI=1S/C13H16N6O/c1-2-11(8-14-3-1)9-15-13-17-12(10-16-18-13)19-4-6-20-7-5-19/h1-3,8,10H,4-7,9H2,(H,15,17,18). The number of rotatable bonds is 4. The highest BCUT2D eigenvalue weighted by Crippen LogP contribution is 2.12. The molecule has 2 aromatic rings. The van der Waals surface area contributed by atoms with Crippen LogP contribution in [0.25, 0.3) is 0 Å². The average molecular weight is 272 g/mol. The fraction of sp³-hybridized carbons (Fsp3) is 0.385. The molecule has 0 amide bonds. The third-order valence-corrected chi connectivity index (χ3v) is 3.05. The van der Waals surface area contributed by atoms with Gasteiger partial charge in [0.2, 0.25) is 5.95 Å². The molecular weight excluding hydrogens is 256 g/mol. The van der Waals surface area contributed by atoms with Crippen molar-refractivity contribution in [2.45, 2.75) is 6.54 Å². The number of pyridine rings is 1. The number of morpholine rings is 1. The Kier molecular flexibility index (Phi) is 3.98. The largest absolute Gasteiger partial charge is 0.378 e. The zero-order valence-electron chi connectivity index (χ0n) is 11.1. The molecule has 2 aromatic heterocycles. The molecule has 1 aliphatic heterocycles. The van der Waals surface area contributed by atoms with Gasteiger partial charge in [-0.2, -0.15) is 10.1 Å². The Bertz CT molecular complexity index is 544. The Balaban J connectivity index is 1.65. The van der Waals surface area contributed by atoms with E-state index in [0.29, 0.717) is 12.5 Å². The average Bonchev–Trinajstić information content (AvgIpc) is 2.55. The smallest absolute Gasteiger partial charge is 0.244 e. The van der Waals surface area contributed by atoms with Gasteiger partial charge in [0, 0.05) is 32.0 Å². The van der Waals surface area contributed by atoms with E-state index in [1.165, 1.54) is 0 Å². The summed E-state index contributed by atoms with van der Waals surface area (Å²) >= 11 is 0. The summed E-state index contributed by atoms with van der Waals surface area (Å²) in [6.07, 6.45) is 5.24. The predicted molar refractivity (Wildman–Crippen MR) is 74.4 cm³/mol. The Morgan fingerprint density at radius 1 is 1.25 bits per heavy atom. The van der Waals surface area contributed by atoms with Crippen molar-refractivity contribution >= 4 is 11.8 Å². The molecule has 3 heterocycles. The van der Waals surface area contributed by atoms with E-state index >= 15 is 0 Å². The maximum atomic E-state index is 5.33. The van der Waals surface area contributed by atoms with Crippen molar-refractivity contribution in [3.05, 3.63) is 36.3 Å². The molecule has 7 heteroatoms. The van der Waals surface area contributed by atoms with Crippen LogP contribution >= 0.6 is 0 Å². The van der Waals surface area contributed by atoms with E-state index in [1.54, 1.807) is 12.4 Å². The first-order valence-corrected chi connectivity index (χ1v) is 6.57. The van der Waals surface area contributed by atoms with Gasteiger partial charge in [0.1, 0.15) is 0 Å². The Morgan fingerprint density at radius 3 is 2.95 bits per heavy atom. The second-order valence-electron chi connectivity index (χ2n) is 4.45. The quantitative estimate of drug-likeness (QED) is 0.878. The maximum absolute atomic E-state index is 5.33. The summed E-state index contributed by atoms with van der Waals surface area (Å²) in [5.41, 5.74) is 1.08. The van der Waals surface area contributed by atoms with Crippen molar-refractivity contribution < 1.29 is 4.74 Å². The molecule has 104 valence electrons. The third-order valence-electron chi connectivity index (χ3n) is 3.05. The molecule has 0 unspecified atom stereocenters. The monoisotopic (exact) mass is 272 g/mol. The van der Waals surface area contributed by atoms with Gasteiger partial charge in [-0.1, -0.05) is 6.07 Å². The molecule has 1 aliphatic rings. The molecule has 1 N–H and O–H groups in total. The Morgan fingerprint density at radius 2 is 2.15 bits per heavy atom. The van der Waals surface area contributed by atoms with E-state index in [9.17, 15) is 0 Å². The van der Waals surface area contributed by atoms with Gasteiger partial charge < -0.3 is 15.0 Å². The maximum Gasteiger partial charge on any atom is 0.244 e. The van der Waals surface area contributed by atoms with Gasteiger partial charge in [0.15, 0.2) is 5.82 Å². The summed E-state index contributed by atoms with van der Waals surface area (Å²) in [5.74, 6) is 1.36. The molecule has 3 rings (SSSR count). The molecule has 0 spiro atoms. The highest BCUT2D eigenvalue weighted by Gasteiger charge is 2.13. The summed E-state index contributed by atoms with van der Waals surface area (Å²) < 4.78 is 5.33. The topological polar surface area (TPSA) is 76.1 Å². The van der Waals surface area contributed by atoms with Gasteiger partial charge in [0.05, 0.1) is 19.4 Å². The molecule has 0 aromatic carbocycles. The van der Waals surface area contributed by atoms with Crippen LogP contribution in [-0.4, -0.2) is 46.5 Å². The van der Waals surface area contributed by atoms with E-state index < -0.39 is 0 Å².